The number of carbonyl (C=O) groups excluding carboxylic acids is 2. The fourth-order valence-corrected chi connectivity index (χ4v) is 2.10. The molecule has 0 saturated carbocycles. The van der Waals surface area contributed by atoms with Crippen LogP contribution in [-0.2, 0) is 25.6 Å². The number of methoxy groups -OCH3 is 3. The van der Waals surface area contributed by atoms with Crippen molar-refractivity contribution in [2.75, 3.05) is 21.3 Å². The number of pyridine rings is 1. The molecular weight excluding hydrogens is 288 g/mol. The van der Waals surface area contributed by atoms with E-state index in [1.165, 1.54) is 14.2 Å². The zero-order chi connectivity index (χ0) is 16.7. The lowest BCUT2D eigenvalue weighted by molar-refractivity contribution is -0.149. The zero-order valence-electron chi connectivity index (χ0n) is 13.6. The summed E-state index contributed by atoms with van der Waals surface area (Å²) in [5.74, 6) is -0.259. The van der Waals surface area contributed by atoms with Crippen LogP contribution in [0.25, 0.3) is 0 Å². The van der Waals surface area contributed by atoms with Gasteiger partial charge in [0, 0.05) is 23.9 Å². The molecule has 22 heavy (non-hydrogen) atoms. The van der Waals surface area contributed by atoms with Gasteiger partial charge in [-0.25, -0.2) is 0 Å². The fourth-order valence-electron chi connectivity index (χ4n) is 2.10. The molecule has 7 nitrogen and oxygen atoms in total. The summed E-state index contributed by atoms with van der Waals surface area (Å²) in [5.41, 5.74) is 2.56. The number of aromatic nitrogens is 1. The fraction of sp³-hybridized carbons (Fsp3) is 0.533. The lowest BCUT2D eigenvalue weighted by atomic mass is 10.1. The number of hydrogen-bond donors (Lipinski definition) is 1. The van der Waals surface area contributed by atoms with E-state index in [1.807, 2.05) is 13.8 Å². The van der Waals surface area contributed by atoms with Gasteiger partial charge in [0.2, 0.25) is 0 Å². The van der Waals surface area contributed by atoms with Crippen molar-refractivity contribution in [2.45, 2.75) is 32.9 Å². The highest BCUT2D eigenvalue weighted by molar-refractivity contribution is 5.82. The van der Waals surface area contributed by atoms with Crippen molar-refractivity contribution in [3.05, 3.63) is 23.0 Å². The Kier molecular flexibility index (Phi) is 6.78. The summed E-state index contributed by atoms with van der Waals surface area (Å²) < 4.78 is 14.6. The SMILES string of the molecule is COC(=O)C[C@@H](NCc1ncc(C)c(OC)c1C)C(=O)OC. The lowest BCUT2D eigenvalue weighted by Gasteiger charge is -2.17. The van der Waals surface area contributed by atoms with Gasteiger partial charge in [-0.3, -0.25) is 19.9 Å². The molecule has 0 aromatic carbocycles. The highest BCUT2D eigenvalue weighted by Crippen LogP contribution is 2.23. The Morgan fingerprint density at radius 1 is 1.23 bits per heavy atom. The van der Waals surface area contributed by atoms with Crippen molar-refractivity contribution in [3.63, 3.8) is 0 Å². The molecule has 122 valence electrons. The summed E-state index contributed by atoms with van der Waals surface area (Å²) in [7, 11) is 4.14. The van der Waals surface area contributed by atoms with Gasteiger partial charge in [0.25, 0.3) is 0 Å². The molecule has 0 aliphatic carbocycles. The van der Waals surface area contributed by atoms with Gasteiger partial charge in [-0.2, -0.15) is 0 Å². The molecule has 1 atom stereocenters. The van der Waals surface area contributed by atoms with Gasteiger partial charge in [0.05, 0.1) is 33.4 Å². The second kappa shape index (κ2) is 8.33. The van der Waals surface area contributed by atoms with Crippen molar-refractivity contribution in [1.82, 2.24) is 10.3 Å². The lowest BCUT2D eigenvalue weighted by Crippen LogP contribution is -2.39. The van der Waals surface area contributed by atoms with E-state index >= 15 is 0 Å². The summed E-state index contributed by atoms with van der Waals surface area (Å²) in [6.45, 7) is 4.10. The van der Waals surface area contributed by atoms with Crippen molar-refractivity contribution < 1.29 is 23.8 Å². The van der Waals surface area contributed by atoms with E-state index in [1.54, 1.807) is 13.3 Å². The second-order valence-corrected chi connectivity index (χ2v) is 4.78. The van der Waals surface area contributed by atoms with Crippen LogP contribution in [-0.4, -0.2) is 44.3 Å². The number of nitrogens with zero attached hydrogens (tertiary/aromatic N) is 1. The first kappa shape index (κ1) is 17.9. The van der Waals surface area contributed by atoms with E-state index in [0.717, 1.165) is 22.6 Å². The Hall–Kier alpha value is -2.15. The van der Waals surface area contributed by atoms with Gasteiger partial charge in [-0.15, -0.1) is 0 Å². The molecule has 0 bridgehead atoms. The standard InChI is InChI=1S/C15H22N2O5/c1-9-7-16-12(10(2)14(9)21-4)8-17-11(15(19)22-5)6-13(18)20-3/h7,11,17H,6,8H2,1-5H3/t11-/m1/s1. The number of ether oxygens (including phenoxy) is 3. The Balaban J connectivity index is 2.84. The molecule has 1 aromatic rings. The number of esters is 2. The molecule has 1 aromatic heterocycles. The van der Waals surface area contributed by atoms with Crippen molar-refractivity contribution >= 4 is 11.9 Å². The number of hydrogen-bond acceptors (Lipinski definition) is 7. The monoisotopic (exact) mass is 310 g/mol. The van der Waals surface area contributed by atoms with Gasteiger partial charge >= 0.3 is 11.9 Å². The van der Waals surface area contributed by atoms with Crippen LogP contribution in [0.5, 0.6) is 5.75 Å². The summed E-state index contributed by atoms with van der Waals surface area (Å²) in [5, 5.41) is 2.97. The zero-order valence-corrected chi connectivity index (χ0v) is 13.6. The molecule has 1 rings (SSSR count). The minimum absolute atomic E-state index is 0.106. The highest BCUT2D eigenvalue weighted by Gasteiger charge is 2.23. The predicted octanol–water partition coefficient (Wildman–Crippen LogP) is 0.901. The first-order valence-electron chi connectivity index (χ1n) is 6.81. The van der Waals surface area contributed by atoms with Crippen LogP contribution in [0.4, 0.5) is 0 Å². The minimum atomic E-state index is -0.786. The average Bonchev–Trinajstić information content (AvgIpc) is 2.52. The molecule has 1 heterocycles. The van der Waals surface area contributed by atoms with Gasteiger partial charge in [-0.05, 0) is 13.8 Å². The first-order valence-corrected chi connectivity index (χ1v) is 6.81. The van der Waals surface area contributed by atoms with Gasteiger partial charge < -0.3 is 14.2 Å². The molecule has 0 saturated heterocycles. The normalized spacial score (nSPS) is 11.7. The number of nitrogens with one attached hydrogen (secondary N) is 1. The molecule has 0 aliphatic rings. The van der Waals surface area contributed by atoms with Crippen LogP contribution < -0.4 is 10.1 Å². The van der Waals surface area contributed by atoms with Crippen LogP contribution >= 0.6 is 0 Å². The minimum Gasteiger partial charge on any atom is -0.496 e. The third-order valence-electron chi connectivity index (χ3n) is 3.35. The van der Waals surface area contributed by atoms with Gasteiger partial charge in [0.1, 0.15) is 11.8 Å². The van der Waals surface area contributed by atoms with Gasteiger partial charge in [-0.1, -0.05) is 0 Å². The number of rotatable bonds is 7. The third kappa shape index (κ3) is 4.42. The van der Waals surface area contributed by atoms with E-state index in [0.29, 0.717) is 6.54 Å². The molecular formula is C15H22N2O5. The Bertz CT molecular complexity index is 545. The molecule has 0 unspecified atom stereocenters. The molecule has 0 amide bonds. The van der Waals surface area contributed by atoms with Crippen molar-refractivity contribution in [1.29, 1.82) is 0 Å². The third-order valence-corrected chi connectivity index (χ3v) is 3.35. The topological polar surface area (TPSA) is 86.8 Å². The molecule has 0 aliphatic heterocycles. The Morgan fingerprint density at radius 2 is 1.91 bits per heavy atom. The van der Waals surface area contributed by atoms with Crippen molar-refractivity contribution in [2.24, 2.45) is 0 Å². The smallest absolute Gasteiger partial charge is 0.323 e. The van der Waals surface area contributed by atoms with Gasteiger partial charge in [0.15, 0.2) is 0 Å². The van der Waals surface area contributed by atoms with E-state index in [-0.39, 0.29) is 6.42 Å². The first-order chi connectivity index (χ1) is 10.4. The number of carbonyl (C=O) groups is 2. The van der Waals surface area contributed by atoms with E-state index < -0.39 is 18.0 Å². The summed E-state index contributed by atoms with van der Waals surface area (Å²) >= 11 is 0. The van der Waals surface area contributed by atoms with Crippen LogP contribution in [0.2, 0.25) is 0 Å². The maximum Gasteiger partial charge on any atom is 0.323 e. The van der Waals surface area contributed by atoms with E-state index in [9.17, 15) is 9.59 Å². The largest absolute Gasteiger partial charge is 0.496 e. The maximum atomic E-state index is 11.7. The van der Waals surface area contributed by atoms with Crippen LogP contribution in [0.1, 0.15) is 23.2 Å². The Morgan fingerprint density at radius 3 is 2.45 bits per heavy atom. The van der Waals surface area contributed by atoms with Crippen LogP contribution in [0, 0.1) is 13.8 Å². The molecule has 1 N–H and O–H groups in total. The average molecular weight is 310 g/mol. The highest BCUT2D eigenvalue weighted by atomic mass is 16.5. The summed E-state index contributed by atoms with van der Waals surface area (Å²) in [6.07, 6.45) is 1.60. The van der Waals surface area contributed by atoms with E-state index in [4.69, 9.17) is 4.74 Å². The molecule has 0 spiro atoms. The molecule has 0 radical (unpaired) electrons. The summed E-state index contributed by atoms with van der Waals surface area (Å²) in [4.78, 5) is 27.4. The van der Waals surface area contributed by atoms with E-state index in [2.05, 4.69) is 19.8 Å². The van der Waals surface area contributed by atoms with Crippen LogP contribution in [0.15, 0.2) is 6.20 Å². The molecule has 7 heteroatoms. The molecule has 0 fully saturated rings. The maximum absolute atomic E-state index is 11.7. The van der Waals surface area contributed by atoms with Crippen LogP contribution in [0.3, 0.4) is 0 Å². The Labute approximate surface area is 130 Å². The number of aryl methyl sites for hydroxylation is 1. The van der Waals surface area contributed by atoms with Crippen molar-refractivity contribution in [3.8, 4) is 5.75 Å². The summed E-state index contributed by atoms with van der Waals surface area (Å²) in [6, 6.07) is -0.786. The quantitative estimate of drug-likeness (QED) is 0.749. The second-order valence-electron chi connectivity index (χ2n) is 4.78. The predicted molar refractivity (Wildman–Crippen MR) is 79.5 cm³/mol.